The summed E-state index contributed by atoms with van der Waals surface area (Å²) in [5, 5.41) is 4.12. The van der Waals surface area contributed by atoms with E-state index in [0.717, 1.165) is 47.2 Å². The normalized spacial score (nSPS) is 14.3. The van der Waals surface area contributed by atoms with Crippen LogP contribution < -0.4 is 4.72 Å². The molecule has 9 heteroatoms. The van der Waals surface area contributed by atoms with E-state index in [0.29, 0.717) is 6.54 Å². The molecule has 1 N–H and O–H groups in total. The molecule has 0 radical (unpaired) electrons. The van der Waals surface area contributed by atoms with Crippen molar-refractivity contribution in [3.8, 4) is 11.1 Å². The van der Waals surface area contributed by atoms with Gasteiger partial charge in [0.05, 0.1) is 12.1 Å². The SMILES string of the molecule is CCn1nc(S(=O)(=O)NC(=O)Cc2c(-c3cccnc3)ccc3c2CCC3)cc1C(C)N(C)C. The van der Waals surface area contributed by atoms with Gasteiger partial charge in [-0.25, -0.2) is 4.72 Å². The number of hydrogen-bond donors (Lipinski definition) is 1. The van der Waals surface area contributed by atoms with Crippen LogP contribution in [0.1, 0.15) is 48.7 Å². The third kappa shape index (κ3) is 4.76. The maximum Gasteiger partial charge on any atom is 0.283 e. The Hall–Kier alpha value is -3.04. The second-order valence-electron chi connectivity index (χ2n) is 8.89. The average molecular weight is 482 g/mol. The molecule has 1 atom stereocenters. The molecule has 8 nitrogen and oxygen atoms in total. The molecule has 1 amide bonds. The molecule has 3 aromatic rings. The molecule has 0 saturated heterocycles. The average Bonchev–Trinajstić information content (AvgIpc) is 3.46. The first-order chi connectivity index (χ1) is 16.2. The molecule has 1 aromatic carbocycles. The largest absolute Gasteiger partial charge is 0.301 e. The predicted molar refractivity (Wildman–Crippen MR) is 131 cm³/mol. The van der Waals surface area contributed by atoms with Gasteiger partial charge >= 0.3 is 0 Å². The van der Waals surface area contributed by atoms with Crippen LogP contribution in [-0.2, 0) is 40.6 Å². The summed E-state index contributed by atoms with van der Waals surface area (Å²) in [6.07, 6.45) is 6.32. The smallest absolute Gasteiger partial charge is 0.283 e. The quantitative estimate of drug-likeness (QED) is 0.531. The lowest BCUT2D eigenvalue weighted by Crippen LogP contribution is -2.32. The summed E-state index contributed by atoms with van der Waals surface area (Å²) >= 11 is 0. The lowest BCUT2D eigenvalue weighted by molar-refractivity contribution is -0.118. The summed E-state index contributed by atoms with van der Waals surface area (Å²) < 4.78 is 30.0. The van der Waals surface area contributed by atoms with Crippen LogP contribution in [0.5, 0.6) is 0 Å². The fourth-order valence-electron chi connectivity index (χ4n) is 4.53. The number of carbonyl (C=O) groups excluding carboxylic acids is 1. The zero-order valence-corrected chi connectivity index (χ0v) is 20.9. The number of nitrogens with zero attached hydrogens (tertiary/aromatic N) is 4. The summed E-state index contributed by atoms with van der Waals surface area (Å²) in [5.41, 5.74) is 5.84. The van der Waals surface area contributed by atoms with Gasteiger partial charge in [-0.15, -0.1) is 0 Å². The summed E-state index contributed by atoms with van der Waals surface area (Å²) in [6.45, 7) is 4.42. The fraction of sp³-hybridized carbons (Fsp3) is 0.400. The van der Waals surface area contributed by atoms with Gasteiger partial charge < -0.3 is 4.90 Å². The number of carbonyl (C=O) groups is 1. The van der Waals surface area contributed by atoms with Gasteiger partial charge in [-0.05, 0) is 75.5 Å². The zero-order chi connectivity index (χ0) is 24.5. The minimum absolute atomic E-state index is 0.0257. The number of aryl methyl sites for hydroxylation is 2. The number of benzene rings is 1. The molecule has 34 heavy (non-hydrogen) atoms. The molecule has 1 aliphatic rings. The third-order valence-corrected chi connectivity index (χ3v) is 7.77. The molecule has 2 heterocycles. The molecule has 4 rings (SSSR count). The van der Waals surface area contributed by atoms with Crippen LogP contribution in [0, 0.1) is 0 Å². The van der Waals surface area contributed by atoms with Crippen molar-refractivity contribution in [3.63, 3.8) is 0 Å². The van der Waals surface area contributed by atoms with Crippen LogP contribution >= 0.6 is 0 Å². The van der Waals surface area contributed by atoms with E-state index in [2.05, 4.69) is 20.9 Å². The Labute approximate surface area is 201 Å². The highest BCUT2D eigenvalue weighted by molar-refractivity contribution is 7.90. The van der Waals surface area contributed by atoms with E-state index < -0.39 is 15.9 Å². The molecule has 0 aliphatic heterocycles. The minimum Gasteiger partial charge on any atom is -0.301 e. The molecule has 2 aromatic heterocycles. The Morgan fingerprint density at radius 2 is 2.03 bits per heavy atom. The minimum atomic E-state index is -4.10. The van der Waals surface area contributed by atoms with Crippen LogP contribution in [0.15, 0.2) is 47.8 Å². The molecular weight excluding hydrogens is 450 g/mol. The highest BCUT2D eigenvalue weighted by Crippen LogP contribution is 2.33. The van der Waals surface area contributed by atoms with E-state index in [1.165, 1.54) is 5.56 Å². The summed E-state index contributed by atoms with van der Waals surface area (Å²) in [4.78, 5) is 19.2. The van der Waals surface area contributed by atoms with Gasteiger partial charge in [-0.1, -0.05) is 18.2 Å². The van der Waals surface area contributed by atoms with E-state index in [9.17, 15) is 13.2 Å². The Kier molecular flexibility index (Phi) is 6.86. The van der Waals surface area contributed by atoms with Crippen LogP contribution in [-0.4, -0.2) is 48.1 Å². The van der Waals surface area contributed by atoms with E-state index in [4.69, 9.17) is 0 Å². The van der Waals surface area contributed by atoms with Crippen molar-refractivity contribution in [2.24, 2.45) is 0 Å². The zero-order valence-electron chi connectivity index (χ0n) is 20.1. The molecule has 0 fully saturated rings. The number of aromatic nitrogens is 3. The number of fused-ring (bicyclic) bond motifs is 1. The first-order valence-electron chi connectivity index (χ1n) is 11.5. The van der Waals surface area contributed by atoms with Crippen LogP contribution in [0.25, 0.3) is 11.1 Å². The molecule has 0 saturated carbocycles. The van der Waals surface area contributed by atoms with Crippen LogP contribution in [0.2, 0.25) is 0 Å². The van der Waals surface area contributed by atoms with Crippen molar-refractivity contribution >= 4 is 15.9 Å². The molecule has 0 spiro atoms. The van der Waals surface area contributed by atoms with Crippen molar-refractivity contribution in [1.29, 1.82) is 0 Å². The second-order valence-corrected chi connectivity index (χ2v) is 10.5. The lowest BCUT2D eigenvalue weighted by atomic mass is 9.91. The number of hydrogen-bond acceptors (Lipinski definition) is 6. The second kappa shape index (κ2) is 9.68. The van der Waals surface area contributed by atoms with E-state index in [1.807, 2.05) is 51.0 Å². The molecule has 180 valence electrons. The Balaban J connectivity index is 1.62. The van der Waals surface area contributed by atoms with Gasteiger partial charge in [0.15, 0.2) is 5.03 Å². The van der Waals surface area contributed by atoms with Crippen LogP contribution in [0.4, 0.5) is 0 Å². The Morgan fingerprint density at radius 3 is 2.71 bits per heavy atom. The van der Waals surface area contributed by atoms with Gasteiger partial charge in [0.2, 0.25) is 5.91 Å². The molecular formula is C25H31N5O3S. The van der Waals surface area contributed by atoms with Gasteiger partial charge in [-0.2, -0.15) is 13.5 Å². The van der Waals surface area contributed by atoms with Gasteiger partial charge in [0, 0.05) is 36.6 Å². The highest BCUT2D eigenvalue weighted by Gasteiger charge is 2.27. The fourth-order valence-corrected chi connectivity index (χ4v) is 5.49. The number of pyridine rings is 1. The maximum absolute atomic E-state index is 13.1. The monoisotopic (exact) mass is 481 g/mol. The number of amides is 1. The van der Waals surface area contributed by atoms with Gasteiger partial charge in [0.25, 0.3) is 10.0 Å². The summed E-state index contributed by atoms with van der Waals surface area (Å²) in [6, 6.07) is 9.44. The molecule has 1 aliphatic carbocycles. The van der Waals surface area contributed by atoms with Crippen molar-refractivity contribution in [1.82, 2.24) is 24.4 Å². The van der Waals surface area contributed by atoms with Gasteiger partial charge in [0.1, 0.15) is 0 Å². The number of rotatable bonds is 8. The standard InChI is InChI=1S/C25H31N5O3S/c1-5-30-23(17(2)29(3)4)15-25(27-30)34(32,33)28-24(31)14-22-20-10-6-8-18(20)11-12-21(22)19-9-7-13-26-16-19/h7,9,11-13,15-17H,5-6,8,10,14H2,1-4H3,(H,28,31). The molecule has 1 unspecified atom stereocenters. The first-order valence-corrected chi connectivity index (χ1v) is 13.0. The van der Waals surface area contributed by atoms with Gasteiger partial charge in [-0.3, -0.25) is 14.5 Å². The van der Waals surface area contributed by atoms with E-state index >= 15 is 0 Å². The topological polar surface area (TPSA) is 97.2 Å². The molecule has 0 bridgehead atoms. The van der Waals surface area contributed by atoms with Crippen molar-refractivity contribution in [2.75, 3.05) is 14.1 Å². The lowest BCUT2D eigenvalue weighted by Gasteiger charge is -2.20. The number of sulfonamides is 1. The Bertz CT molecular complexity index is 1300. The maximum atomic E-state index is 13.1. The van der Waals surface area contributed by atoms with Crippen molar-refractivity contribution in [2.45, 2.75) is 57.1 Å². The Morgan fingerprint density at radius 1 is 1.24 bits per heavy atom. The highest BCUT2D eigenvalue weighted by atomic mass is 32.2. The third-order valence-electron chi connectivity index (χ3n) is 6.53. The first kappa shape index (κ1) is 24.1. The van der Waals surface area contributed by atoms with E-state index in [1.54, 1.807) is 23.1 Å². The number of nitrogens with one attached hydrogen (secondary N) is 1. The summed E-state index contributed by atoms with van der Waals surface area (Å²) in [7, 11) is -0.260. The summed E-state index contributed by atoms with van der Waals surface area (Å²) in [5.74, 6) is -0.571. The predicted octanol–water partition coefficient (Wildman–Crippen LogP) is 3.12. The van der Waals surface area contributed by atoms with Crippen molar-refractivity contribution in [3.05, 3.63) is 65.1 Å². The van der Waals surface area contributed by atoms with Crippen LogP contribution in [0.3, 0.4) is 0 Å². The van der Waals surface area contributed by atoms with E-state index in [-0.39, 0.29) is 17.5 Å². The van der Waals surface area contributed by atoms with Crippen molar-refractivity contribution < 1.29 is 13.2 Å².